The van der Waals surface area contributed by atoms with Gasteiger partial charge in [-0.2, -0.15) is 0 Å². The maximum absolute atomic E-state index is 13.4. The van der Waals surface area contributed by atoms with E-state index in [1.54, 1.807) is 30.6 Å². The van der Waals surface area contributed by atoms with Crippen LogP contribution in [0.15, 0.2) is 47.6 Å². The number of aromatic nitrogens is 2. The van der Waals surface area contributed by atoms with E-state index in [0.29, 0.717) is 23.9 Å². The maximum Gasteiger partial charge on any atom is 0.268 e. The molecule has 2 aliphatic heterocycles. The quantitative estimate of drug-likeness (QED) is 0.677. The lowest BCUT2D eigenvalue weighted by Gasteiger charge is -2.18. The lowest BCUT2D eigenvalue weighted by molar-refractivity contribution is 0.309. The van der Waals surface area contributed by atoms with Crippen LogP contribution in [0.5, 0.6) is 5.75 Å². The molecule has 7 heteroatoms. The topological polar surface area (TPSA) is 64.4 Å². The Morgan fingerprint density at radius 1 is 1.29 bits per heavy atom. The van der Waals surface area contributed by atoms with Gasteiger partial charge in [-0.05, 0) is 62.2 Å². The van der Waals surface area contributed by atoms with Crippen LogP contribution in [-0.2, 0) is 22.9 Å². The van der Waals surface area contributed by atoms with Crippen LogP contribution in [0, 0.1) is 0 Å². The van der Waals surface area contributed by atoms with E-state index < -0.39 is 10.0 Å². The number of hydrogen-bond acceptors (Lipinski definition) is 5. The van der Waals surface area contributed by atoms with Crippen molar-refractivity contribution in [1.82, 2.24) is 13.9 Å². The van der Waals surface area contributed by atoms with Crippen molar-refractivity contribution in [2.75, 3.05) is 20.2 Å². The number of ether oxygens (including phenoxy) is 1. The smallest absolute Gasteiger partial charge is 0.268 e. The molecular formula is C21H23N3O3S. The van der Waals surface area contributed by atoms with E-state index in [4.69, 9.17) is 4.74 Å². The van der Waals surface area contributed by atoms with Gasteiger partial charge in [0.15, 0.2) is 0 Å². The van der Waals surface area contributed by atoms with Crippen molar-refractivity contribution in [1.29, 1.82) is 0 Å². The number of fused-ring (bicyclic) bond motifs is 2. The highest BCUT2D eigenvalue weighted by molar-refractivity contribution is 7.90. The van der Waals surface area contributed by atoms with Gasteiger partial charge in [0.1, 0.15) is 5.75 Å². The summed E-state index contributed by atoms with van der Waals surface area (Å²) in [7, 11) is -1.60. The molecule has 0 radical (unpaired) electrons. The molecule has 6 nitrogen and oxygen atoms in total. The average Bonchev–Trinajstić information content (AvgIpc) is 3.41. The predicted octanol–water partition coefficient (Wildman–Crippen LogP) is 2.84. The molecule has 1 saturated heterocycles. The van der Waals surface area contributed by atoms with Gasteiger partial charge in [-0.3, -0.25) is 4.98 Å². The predicted molar refractivity (Wildman–Crippen MR) is 107 cm³/mol. The van der Waals surface area contributed by atoms with Gasteiger partial charge in [-0.1, -0.05) is 6.07 Å². The minimum atomic E-state index is -3.73. The molecule has 3 aromatic rings. The van der Waals surface area contributed by atoms with Gasteiger partial charge in [0.2, 0.25) is 0 Å². The van der Waals surface area contributed by atoms with E-state index in [-0.39, 0.29) is 4.90 Å². The second-order valence-electron chi connectivity index (χ2n) is 7.68. The van der Waals surface area contributed by atoms with Crippen molar-refractivity contribution >= 4 is 21.1 Å². The van der Waals surface area contributed by atoms with Gasteiger partial charge in [-0.25, -0.2) is 12.4 Å². The number of hydrogen-bond donors (Lipinski definition) is 0. The first-order valence-corrected chi connectivity index (χ1v) is 11.1. The van der Waals surface area contributed by atoms with Crippen molar-refractivity contribution in [3.63, 3.8) is 0 Å². The van der Waals surface area contributed by atoms with E-state index in [1.807, 2.05) is 12.1 Å². The fourth-order valence-corrected chi connectivity index (χ4v) is 5.75. The maximum atomic E-state index is 13.4. The van der Waals surface area contributed by atoms with Crippen molar-refractivity contribution in [2.24, 2.45) is 0 Å². The van der Waals surface area contributed by atoms with Crippen LogP contribution in [0.2, 0.25) is 0 Å². The summed E-state index contributed by atoms with van der Waals surface area (Å²) in [6.45, 7) is 1.69. The van der Waals surface area contributed by atoms with Crippen LogP contribution in [0.4, 0.5) is 0 Å². The zero-order chi connectivity index (χ0) is 19.3. The fraction of sp³-hybridized carbons (Fsp3) is 0.381. The number of rotatable bonds is 4. The SMILES string of the molecule is CN1CCCC1Cc1cn(S(=O)(=O)c2ccc3c(c2)OCC3)c2cccnc12. The summed E-state index contributed by atoms with van der Waals surface area (Å²) in [5.74, 6) is 0.670. The molecule has 0 saturated carbocycles. The molecule has 1 unspecified atom stereocenters. The van der Waals surface area contributed by atoms with E-state index >= 15 is 0 Å². The Kier molecular flexibility index (Phi) is 4.17. The summed E-state index contributed by atoms with van der Waals surface area (Å²) in [6.07, 6.45) is 7.42. The Morgan fingerprint density at radius 2 is 2.18 bits per heavy atom. The van der Waals surface area contributed by atoms with Gasteiger partial charge in [-0.15, -0.1) is 0 Å². The molecule has 2 aliphatic rings. The minimum Gasteiger partial charge on any atom is -0.493 e. The summed E-state index contributed by atoms with van der Waals surface area (Å²) in [5, 5.41) is 0. The zero-order valence-corrected chi connectivity index (χ0v) is 16.7. The third kappa shape index (κ3) is 2.81. The number of pyridine rings is 1. The summed E-state index contributed by atoms with van der Waals surface area (Å²) < 4.78 is 33.8. The van der Waals surface area contributed by atoms with E-state index in [9.17, 15) is 8.42 Å². The third-order valence-corrected chi connectivity index (χ3v) is 7.62. The molecule has 0 spiro atoms. The monoisotopic (exact) mass is 397 g/mol. The van der Waals surface area contributed by atoms with Crippen LogP contribution in [-0.4, -0.2) is 48.5 Å². The number of benzene rings is 1. The summed E-state index contributed by atoms with van der Waals surface area (Å²) in [5.41, 5.74) is 3.43. The Hall–Kier alpha value is -2.38. The highest BCUT2D eigenvalue weighted by atomic mass is 32.2. The normalized spacial score (nSPS) is 19.8. The van der Waals surface area contributed by atoms with Crippen LogP contribution in [0.1, 0.15) is 24.0 Å². The zero-order valence-electron chi connectivity index (χ0n) is 15.8. The lowest BCUT2D eigenvalue weighted by Crippen LogP contribution is -2.26. The van der Waals surface area contributed by atoms with Crippen molar-refractivity contribution in [3.8, 4) is 5.75 Å². The third-order valence-electron chi connectivity index (χ3n) is 5.95. The van der Waals surface area contributed by atoms with E-state index in [1.165, 1.54) is 10.4 Å². The molecule has 28 heavy (non-hydrogen) atoms. The highest BCUT2D eigenvalue weighted by Crippen LogP contribution is 2.32. The van der Waals surface area contributed by atoms with E-state index in [0.717, 1.165) is 42.5 Å². The molecule has 1 fully saturated rings. The van der Waals surface area contributed by atoms with Crippen LogP contribution in [0.3, 0.4) is 0 Å². The molecule has 4 heterocycles. The lowest BCUT2D eigenvalue weighted by atomic mass is 10.1. The van der Waals surface area contributed by atoms with Gasteiger partial charge in [0.25, 0.3) is 10.0 Å². The standard InChI is InChI=1S/C21H23N3O3S/c1-23-10-3-4-17(23)12-16-14-24(19-5-2-9-22-21(16)19)28(25,26)18-7-6-15-8-11-27-20(15)13-18/h2,5-7,9,13-14,17H,3-4,8,10-12H2,1H3. The second-order valence-corrected chi connectivity index (χ2v) is 9.49. The van der Waals surface area contributed by atoms with Crippen LogP contribution < -0.4 is 4.74 Å². The van der Waals surface area contributed by atoms with Gasteiger partial charge in [0.05, 0.1) is 22.5 Å². The summed E-state index contributed by atoms with van der Waals surface area (Å²) in [4.78, 5) is 7.10. The Bertz CT molecular complexity index is 1150. The Labute approximate surface area is 164 Å². The Morgan fingerprint density at radius 3 is 3.00 bits per heavy atom. The first-order valence-electron chi connectivity index (χ1n) is 9.70. The number of likely N-dealkylation sites (tertiary alicyclic amines) is 1. The molecular weight excluding hydrogens is 374 g/mol. The molecule has 146 valence electrons. The summed E-state index contributed by atoms with van der Waals surface area (Å²) in [6, 6.07) is 9.21. The van der Waals surface area contributed by atoms with Gasteiger partial charge < -0.3 is 9.64 Å². The highest BCUT2D eigenvalue weighted by Gasteiger charge is 2.27. The largest absolute Gasteiger partial charge is 0.493 e. The van der Waals surface area contributed by atoms with Crippen molar-refractivity contribution in [2.45, 2.75) is 36.6 Å². The van der Waals surface area contributed by atoms with Gasteiger partial charge >= 0.3 is 0 Å². The molecule has 1 atom stereocenters. The minimum absolute atomic E-state index is 0.249. The molecule has 0 aliphatic carbocycles. The first-order chi connectivity index (χ1) is 13.5. The molecule has 5 rings (SSSR count). The number of nitrogens with zero attached hydrogens (tertiary/aromatic N) is 3. The average molecular weight is 398 g/mol. The first kappa shape index (κ1) is 17.7. The van der Waals surface area contributed by atoms with Crippen LogP contribution in [0.25, 0.3) is 11.0 Å². The van der Waals surface area contributed by atoms with E-state index in [2.05, 4.69) is 16.9 Å². The molecule has 2 aromatic heterocycles. The van der Waals surface area contributed by atoms with Crippen LogP contribution >= 0.6 is 0 Å². The molecule has 1 aromatic carbocycles. The molecule has 0 bridgehead atoms. The Balaban J connectivity index is 1.60. The molecule has 0 amide bonds. The second kappa shape index (κ2) is 6.60. The molecule has 0 N–H and O–H groups in total. The number of likely N-dealkylation sites (N-methyl/N-ethyl adjacent to an activating group) is 1. The summed E-state index contributed by atoms with van der Waals surface area (Å²) >= 11 is 0. The van der Waals surface area contributed by atoms with Crippen molar-refractivity contribution < 1.29 is 13.2 Å². The van der Waals surface area contributed by atoms with Gasteiger partial charge in [0, 0.05) is 30.9 Å². The van der Waals surface area contributed by atoms with Crippen molar-refractivity contribution in [3.05, 3.63) is 53.9 Å². The fourth-order valence-electron chi connectivity index (χ4n) is 4.35.